The predicted octanol–water partition coefficient (Wildman–Crippen LogP) is 3.99. The molecule has 5 heteroatoms. The van der Waals surface area contributed by atoms with Crippen LogP contribution in [0.5, 0.6) is 0 Å². The van der Waals surface area contributed by atoms with Gasteiger partial charge in [0, 0.05) is 13.0 Å². The highest BCUT2D eigenvalue weighted by Crippen LogP contribution is 2.12. The summed E-state index contributed by atoms with van der Waals surface area (Å²) in [4.78, 5) is 23.3. The molecule has 134 valence electrons. The summed E-state index contributed by atoms with van der Waals surface area (Å²) >= 11 is 0. The number of nitrogens with one attached hydrogen (secondary N) is 1. The lowest BCUT2D eigenvalue weighted by molar-refractivity contribution is -0.154. The van der Waals surface area contributed by atoms with Crippen LogP contribution in [0.3, 0.4) is 0 Å². The number of carbonyl (C=O) groups excluding carboxylic acids is 2. The van der Waals surface area contributed by atoms with Gasteiger partial charge in [-0.1, -0.05) is 24.3 Å². The highest BCUT2D eigenvalue weighted by atomic mass is 16.6. The van der Waals surface area contributed by atoms with E-state index in [0.29, 0.717) is 19.4 Å². The van der Waals surface area contributed by atoms with Crippen LogP contribution in [0.2, 0.25) is 0 Å². The normalized spacial score (nSPS) is 11.8. The van der Waals surface area contributed by atoms with Gasteiger partial charge in [-0.2, -0.15) is 0 Å². The average Bonchev–Trinajstić information content (AvgIpc) is 2.40. The Balaban J connectivity index is 2.41. The minimum atomic E-state index is -0.504. The molecule has 0 spiro atoms. The maximum Gasteiger partial charge on any atom is 0.407 e. The van der Waals surface area contributed by atoms with Gasteiger partial charge in [0.15, 0.2) is 0 Å². The number of alkyl carbamates (subject to hydrolysis) is 1. The van der Waals surface area contributed by atoms with E-state index in [1.807, 2.05) is 65.8 Å². The first-order chi connectivity index (χ1) is 10.9. The van der Waals surface area contributed by atoms with E-state index in [2.05, 4.69) is 5.32 Å². The van der Waals surface area contributed by atoms with E-state index in [0.717, 1.165) is 11.1 Å². The van der Waals surface area contributed by atoms with Crippen molar-refractivity contribution < 1.29 is 19.1 Å². The largest absolute Gasteiger partial charge is 0.460 e. The van der Waals surface area contributed by atoms with E-state index in [1.165, 1.54) is 0 Å². The molecule has 0 aromatic heterocycles. The zero-order chi connectivity index (χ0) is 18.4. The molecular weight excluding hydrogens is 306 g/mol. The summed E-state index contributed by atoms with van der Waals surface area (Å²) in [6, 6.07) is 7.77. The Bertz CT molecular complexity index is 499. The van der Waals surface area contributed by atoms with E-state index in [-0.39, 0.29) is 5.97 Å². The summed E-state index contributed by atoms with van der Waals surface area (Å²) in [6.45, 7) is 11.5. The molecule has 0 aliphatic carbocycles. The Morgan fingerprint density at radius 1 is 0.875 bits per heavy atom. The zero-order valence-electron chi connectivity index (χ0n) is 15.6. The van der Waals surface area contributed by atoms with Crippen LogP contribution in [-0.4, -0.2) is 23.3 Å². The fourth-order valence-corrected chi connectivity index (χ4v) is 1.95. The molecule has 0 atom stereocenters. The van der Waals surface area contributed by atoms with E-state index in [1.54, 1.807) is 0 Å². The van der Waals surface area contributed by atoms with Gasteiger partial charge in [0.2, 0.25) is 0 Å². The first-order valence-electron chi connectivity index (χ1n) is 8.21. The fourth-order valence-electron chi connectivity index (χ4n) is 1.95. The molecule has 0 saturated heterocycles. The molecule has 1 aromatic carbocycles. The summed E-state index contributed by atoms with van der Waals surface area (Å²) in [6.07, 6.45) is 0.554. The molecule has 0 heterocycles. The first-order valence-corrected chi connectivity index (χ1v) is 8.21. The number of rotatable bonds is 5. The van der Waals surface area contributed by atoms with Gasteiger partial charge in [0.25, 0.3) is 0 Å². The highest BCUT2D eigenvalue weighted by molar-refractivity contribution is 5.70. The SMILES string of the molecule is CC(C)(C)OC(=O)CCc1ccc(CNC(=O)OC(C)(C)C)cc1. The van der Waals surface area contributed by atoms with Gasteiger partial charge in [-0.25, -0.2) is 4.79 Å². The fraction of sp³-hybridized carbons (Fsp3) is 0.579. The van der Waals surface area contributed by atoms with Crippen LogP contribution in [0, 0.1) is 0 Å². The van der Waals surface area contributed by atoms with Gasteiger partial charge in [0.1, 0.15) is 11.2 Å². The van der Waals surface area contributed by atoms with Crippen LogP contribution >= 0.6 is 0 Å². The van der Waals surface area contributed by atoms with Gasteiger partial charge in [-0.05, 0) is 59.1 Å². The third-order valence-corrected chi connectivity index (χ3v) is 2.90. The van der Waals surface area contributed by atoms with Crippen molar-refractivity contribution in [3.05, 3.63) is 35.4 Å². The molecule has 1 aromatic rings. The van der Waals surface area contributed by atoms with Gasteiger partial charge in [-0.3, -0.25) is 4.79 Å². The van der Waals surface area contributed by atoms with Gasteiger partial charge < -0.3 is 14.8 Å². The van der Waals surface area contributed by atoms with E-state index in [9.17, 15) is 9.59 Å². The average molecular weight is 335 g/mol. The van der Waals surface area contributed by atoms with Crippen LogP contribution in [0.1, 0.15) is 59.1 Å². The highest BCUT2D eigenvalue weighted by Gasteiger charge is 2.16. The number of benzene rings is 1. The van der Waals surface area contributed by atoms with Crippen molar-refractivity contribution in [3.63, 3.8) is 0 Å². The van der Waals surface area contributed by atoms with Crippen molar-refractivity contribution in [3.8, 4) is 0 Å². The summed E-state index contributed by atoms with van der Waals surface area (Å²) in [5.74, 6) is -0.196. The minimum Gasteiger partial charge on any atom is -0.460 e. The molecule has 0 fully saturated rings. The number of hydrogen-bond acceptors (Lipinski definition) is 4. The molecule has 1 rings (SSSR count). The van der Waals surface area contributed by atoms with Crippen molar-refractivity contribution >= 4 is 12.1 Å². The van der Waals surface area contributed by atoms with Crippen LogP contribution in [-0.2, 0) is 27.2 Å². The topological polar surface area (TPSA) is 64.6 Å². The molecule has 0 aliphatic heterocycles. The zero-order valence-corrected chi connectivity index (χ0v) is 15.6. The van der Waals surface area contributed by atoms with Crippen molar-refractivity contribution in [2.24, 2.45) is 0 Å². The Kier molecular flexibility index (Phi) is 6.81. The van der Waals surface area contributed by atoms with Crippen LogP contribution in [0.15, 0.2) is 24.3 Å². The smallest absolute Gasteiger partial charge is 0.407 e. The van der Waals surface area contributed by atoms with E-state index in [4.69, 9.17) is 9.47 Å². The number of ether oxygens (including phenoxy) is 2. The predicted molar refractivity (Wildman–Crippen MR) is 93.7 cm³/mol. The molecule has 0 aliphatic rings. The Morgan fingerprint density at radius 3 is 1.88 bits per heavy atom. The maximum absolute atomic E-state index is 11.7. The second-order valence-electron chi connectivity index (χ2n) is 7.76. The molecule has 0 unspecified atom stereocenters. The third kappa shape index (κ3) is 9.18. The minimum absolute atomic E-state index is 0.196. The van der Waals surface area contributed by atoms with Crippen molar-refractivity contribution in [1.29, 1.82) is 0 Å². The summed E-state index contributed by atoms with van der Waals surface area (Å²) in [5, 5.41) is 2.72. The molecule has 5 nitrogen and oxygen atoms in total. The molecule has 1 N–H and O–H groups in total. The number of amides is 1. The van der Waals surface area contributed by atoms with Crippen molar-refractivity contribution in [2.45, 2.75) is 72.1 Å². The summed E-state index contributed by atoms with van der Waals surface area (Å²) < 4.78 is 10.5. The molecular formula is C19H29NO4. The van der Waals surface area contributed by atoms with E-state index >= 15 is 0 Å². The van der Waals surface area contributed by atoms with Crippen LogP contribution in [0.25, 0.3) is 0 Å². The first kappa shape index (κ1) is 20.0. The molecule has 0 bridgehead atoms. The van der Waals surface area contributed by atoms with Gasteiger partial charge >= 0.3 is 12.1 Å². The standard InChI is InChI=1S/C19H29NO4/c1-18(2,3)23-16(21)12-11-14-7-9-15(10-8-14)13-20-17(22)24-19(4,5)6/h7-10H,11-13H2,1-6H3,(H,20,22). The number of hydrogen-bond donors (Lipinski definition) is 1. The van der Waals surface area contributed by atoms with Crippen LogP contribution < -0.4 is 5.32 Å². The number of esters is 1. The Hall–Kier alpha value is -2.04. The maximum atomic E-state index is 11.7. The molecule has 0 radical (unpaired) electrons. The third-order valence-electron chi connectivity index (χ3n) is 2.90. The van der Waals surface area contributed by atoms with Gasteiger partial charge in [0.05, 0.1) is 0 Å². The quantitative estimate of drug-likeness (QED) is 0.827. The molecule has 24 heavy (non-hydrogen) atoms. The second-order valence-corrected chi connectivity index (χ2v) is 7.76. The van der Waals surface area contributed by atoms with Crippen LogP contribution in [0.4, 0.5) is 4.79 Å². The second kappa shape index (κ2) is 8.18. The lowest BCUT2D eigenvalue weighted by Crippen LogP contribution is -2.32. The van der Waals surface area contributed by atoms with Crippen molar-refractivity contribution in [1.82, 2.24) is 5.32 Å². The Morgan fingerprint density at radius 2 is 1.38 bits per heavy atom. The van der Waals surface area contributed by atoms with E-state index < -0.39 is 17.3 Å². The monoisotopic (exact) mass is 335 g/mol. The lowest BCUT2D eigenvalue weighted by atomic mass is 10.1. The lowest BCUT2D eigenvalue weighted by Gasteiger charge is -2.20. The molecule has 1 amide bonds. The summed E-state index contributed by atoms with van der Waals surface area (Å²) in [7, 11) is 0. The number of aryl methyl sites for hydroxylation is 1. The Labute approximate surface area is 144 Å². The summed E-state index contributed by atoms with van der Waals surface area (Å²) in [5.41, 5.74) is 1.08. The van der Waals surface area contributed by atoms with Crippen molar-refractivity contribution in [2.75, 3.05) is 0 Å². The van der Waals surface area contributed by atoms with Gasteiger partial charge in [-0.15, -0.1) is 0 Å². The number of carbonyl (C=O) groups is 2. The molecule has 0 saturated carbocycles.